The Kier molecular flexibility index (Phi) is 6.54. The van der Waals surface area contributed by atoms with E-state index in [9.17, 15) is 4.79 Å². The van der Waals surface area contributed by atoms with Gasteiger partial charge in [-0.25, -0.2) is 0 Å². The zero-order chi connectivity index (χ0) is 24.3. The van der Waals surface area contributed by atoms with Gasteiger partial charge in [0.25, 0.3) is 5.91 Å². The fourth-order valence-corrected chi connectivity index (χ4v) is 4.11. The lowest BCUT2D eigenvalue weighted by molar-refractivity contribution is -0.116. The van der Waals surface area contributed by atoms with E-state index >= 15 is 0 Å². The summed E-state index contributed by atoms with van der Waals surface area (Å²) in [5, 5.41) is 14.9. The second-order valence-electron chi connectivity index (χ2n) is 8.16. The van der Waals surface area contributed by atoms with Crippen LogP contribution in [0.2, 0.25) is 0 Å². The van der Waals surface area contributed by atoms with Gasteiger partial charge in [-0.2, -0.15) is 0 Å². The Morgan fingerprint density at radius 1 is 1.09 bits per heavy atom. The summed E-state index contributed by atoms with van der Waals surface area (Å²) < 4.78 is 16.5. The molecule has 34 heavy (non-hydrogen) atoms. The van der Waals surface area contributed by atoms with Gasteiger partial charge in [0.15, 0.2) is 5.96 Å². The van der Waals surface area contributed by atoms with Crippen molar-refractivity contribution in [3.63, 3.8) is 0 Å². The molecule has 2 atom stereocenters. The fraction of sp³-hybridized carbons (Fsp3) is 0.231. The molecule has 176 valence electrons. The quantitative estimate of drug-likeness (QED) is 0.326. The van der Waals surface area contributed by atoms with E-state index in [-0.39, 0.29) is 5.96 Å². The molecule has 0 aliphatic heterocycles. The number of H-pyrrole nitrogens is 1. The van der Waals surface area contributed by atoms with Gasteiger partial charge in [0.1, 0.15) is 17.5 Å². The molecule has 4 N–H and O–H groups in total. The fourth-order valence-electron chi connectivity index (χ4n) is 4.11. The largest absolute Gasteiger partial charge is 0.498 e. The maximum absolute atomic E-state index is 12.9. The standard InChI is InChI=1S/C26H28N4O4/c1-26(34-4)15-18(14-22(32-2)23(26)33-3)24(31)30-25(27)28-19-10-7-9-16(12-19)21-13-17-8-5-6-11-20(17)29-21/h5-15,23,29H,1-4H3,(H3,27,28,30,31). The van der Waals surface area contributed by atoms with Crippen molar-refractivity contribution in [2.45, 2.75) is 18.6 Å². The minimum absolute atomic E-state index is 0.153. The molecule has 0 radical (unpaired) electrons. The van der Waals surface area contributed by atoms with E-state index in [1.807, 2.05) is 42.5 Å². The number of aromatic nitrogens is 1. The smallest absolute Gasteiger partial charge is 0.257 e. The molecule has 4 rings (SSSR count). The van der Waals surface area contributed by atoms with Crippen LogP contribution >= 0.6 is 0 Å². The van der Waals surface area contributed by atoms with E-state index < -0.39 is 17.6 Å². The second-order valence-corrected chi connectivity index (χ2v) is 8.16. The number of ether oxygens (including phenoxy) is 3. The van der Waals surface area contributed by atoms with E-state index in [0.717, 1.165) is 22.2 Å². The summed E-state index contributed by atoms with van der Waals surface area (Å²) in [6, 6.07) is 17.8. The molecule has 2 aromatic carbocycles. The maximum atomic E-state index is 12.9. The summed E-state index contributed by atoms with van der Waals surface area (Å²) in [5.41, 5.74) is 3.08. The number of aromatic amines is 1. The van der Waals surface area contributed by atoms with Crippen molar-refractivity contribution < 1.29 is 19.0 Å². The molecule has 1 aliphatic carbocycles. The Morgan fingerprint density at radius 3 is 2.59 bits per heavy atom. The first kappa shape index (κ1) is 23.3. The first-order valence-corrected chi connectivity index (χ1v) is 10.8. The first-order valence-electron chi connectivity index (χ1n) is 10.8. The Hall–Kier alpha value is -3.88. The minimum atomic E-state index is -0.898. The molecule has 0 bridgehead atoms. The minimum Gasteiger partial charge on any atom is -0.498 e. The van der Waals surface area contributed by atoms with Crippen LogP contribution in [-0.4, -0.2) is 49.9 Å². The number of benzene rings is 2. The van der Waals surface area contributed by atoms with Crippen LogP contribution in [0, 0.1) is 5.41 Å². The Balaban J connectivity index is 1.48. The van der Waals surface area contributed by atoms with Crippen LogP contribution < -0.4 is 10.6 Å². The zero-order valence-electron chi connectivity index (χ0n) is 19.6. The molecule has 1 aliphatic rings. The van der Waals surface area contributed by atoms with Crippen LogP contribution in [0.1, 0.15) is 6.92 Å². The van der Waals surface area contributed by atoms with Gasteiger partial charge in [0.05, 0.1) is 7.11 Å². The Bertz CT molecular complexity index is 1260. The highest BCUT2D eigenvalue weighted by Gasteiger charge is 2.40. The van der Waals surface area contributed by atoms with Crippen LogP contribution in [0.3, 0.4) is 0 Å². The van der Waals surface area contributed by atoms with Gasteiger partial charge in [-0.05, 0) is 43.3 Å². The highest BCUT2D eigenvalue weighted by Crippen LogP contribution is 2.32. The Labute approximate surface area is 198 Å². The number of hydrogen-bond acceptors (Lipinski definition) is 5. The lowest BCUT2D eigenvalue weighted by atomic mass is 9.88. The number of hydrogen-bond donors (Lipinski definition) is 4. The SMILES string of the molecule is COC1=CC(C(=O)NC(=N)Nc2cccc(-c3cc4ccccc4[nH]3)c2)=CC(C)(OC)C1OC. The van der Waals surface area contributed by atoms with Crippen molar-refractivity contribution in [2.24, 2.45) is 0 Å². The number of anilines is 1. The summed E-state index contributed by atoms with van der Waals surface area (Å²) in [6.07, 6.45) is 2.76. The van der Waals surface area contributed by atoms with Crippen LogP contribution in [-0.2, 0) is 19.0 Å². The third-order valence-electron chi connectivity index (χ3n) is 5.90. The topological polar surface area (TPSA) is 108 Å². The van der Waals surface area contributed by atoms with Crippen molar-refractivity contribution in [1.29, 1.82) is 5.41 Å². The predicted molar refractivity (Wildman–Crippen MR) is 133 cm³/mol. The summed E-state index contributed by atoms with van der Waals surface area (Å²) in [7, 11) is 4.61. The molecule has 0 saturated heterocycles. The molecular formula is C26H28N4O4. The van der Waals surface area contributed by atoms with Gasteiger partial charge < -0.3 is 24.5 Å². The second kappa shape index (κ2) is 9.54. The predicted octanol–water partition coefficient (Wildman–Crippen LogP) is 4.19. The van der Waals surface area contributed by atoms with Gasteiger partial charge >= 0.3 is 0 Å². The molecular weight excluding hydrogens is 432 g/mol. The van der Waals surface area contributed by atoms with Crippen LogP contribution in [0.25, 0.3) is 22.2 Å². The first-order chi connectivity index (χ1) is 16.4. The monoisotopic (exact) mass is 460 g/mol. The summed E-state index contributed by atoms with van der Waals surface area (Å²) in [6.45, 7) is 1.81. The number of nitrogens with one attached hydrogen (secondary N) is 4. The highest BCUT2D eigenvalue weighted by atomic mass is 16.6. The molecule has 0 spiro atoms. The van der Waals surface area contributed by atoms with Crippen molar-refractivity contribution in [3.8, 4) is 11.3 Å². The number of carbonyl (C=O) groups excluding carboxylic acids is 1. The highest BCUT2D eigenvalue weighted by molar-refractivity contribution is 6.10. The Morgan fingerprint density at radius 2 is 1.88 bits per heavy atom. The lowest BCUT2D eigenvalue weighted by Crippen LogP contribution is -2.46. The van der Waals surface area contributed by atoms with Crippen molar-refractivity contribution in [1.82, 2.24) is 10.3 Å². The zero-order valence-corrected chi connectivity index (χ0v) is 19.6. The third kappa shape index (κ3) is 4.59. The van der Waals surface area contributed by atoms with Gasteiger partial charge in [0.2, 0.25) is 0 Å². The molecule has 1 amide bonds. The van der Waals surface area contributed by atoms with E-state index in [1.165, 1.54) is 7.11 Å². The van der Waals surface area contributed by atoms with E-state index in [0.29, 0.717) is 17.0 Å². The molecule has 0 saturated carbocycles. The van der Waals surface area contributed by atoms with Gasteiger partial charge in [-0.1, -0.05) is 30.3 Å². The van der Waals surface area contributed by atoms with Crippen molar-refractivity contribution in [2.75, 3.05) is 26.6 Å². The lowest BCUT2D eigenvalue weighted by Gasteiger charge is -2.36. The number of guanidine groups is 1. The summed E-state index contributed by atoms with van der Waals surface area (Å²) in [5.74, 6) is -0.151. The van der Waals surface area contributed by atoms with Gasteiger partial charge in [0, 0.05) is 47.6 Å². The molecule has 3 aromatic rings. The summed E-state index contributed by atoms with van der Waals surface area (Å²) in [4.78, 5) is 16.3. The van der Waals surface area contributed by atoms with Crippen molar-refractivity contribution >= 4 is 28.5 Å². The molecule has 1 heterocycles. The molecule has 0 fully saturated rings. The van der Waals surface area contributed by atoms with E-state index in [2.05, 4.69) is 27.8 Å². The number of carbonyl (C=O) groups is 1. The number of fused-ring (bicyclic) bond motifs is 1. The molecule has 8 heteroatoms. The van der Waals surface area contributed by atoms with Gasteiger partial charge in [-0.3, -0.25) is 15.5 Å². The average Bonchev–Trinajstić information content (AvgIpc) is 3.28. The number of methoxy groups -OCH3 is 3. The molecule has 1 aromatic heterocycles. The number of para-hydroxylation sites is 1. The van der Waals surface area contributed by atoms with E-state index in [1.54, 1.807) is 33.3 Å². The van der Waals surface area contributed by atoms with Gasteiger partial charge in [-0.15, -0.1) is 0 Å². The molecule has 2 unspecified atom stereocenters. The number of amides is 1. The third-order valence-corrected chi connectivity index (χ3v) is 5.90. The molecule has 8 nitrogen and oxygen atoms in total. The van der Waals surface area contributed by atoms with Crippen LogP contribution in [0.4, 0.5) is 5.69 Å². The number of rotatable bonds is 6. The van der Waals surface area contributed by atoms with Crippen LogP contribution in [0.15, 0.2) is 78.1 Å². The van der Waals surface area contributed by atoms with Crippen molar-refractivity contribution in [3.05, 3.63) is 78.1 Å². The maximum Gasteiger partial charge on any atom is 0.257 e. The summed E-state index contributed by atoms with van der Waals surface area (Å²) >= 11 is 0. The normalized spacial score (nSPS) is 19.8. The van der Waals surface area contributed by atoms with Crippen LogP contribution in [0.5, 0.6) is 0 Å². The van der Waals surface area contributed by atoms with E-state index in [4.69, 9.17) is 19.6 Å². The average molecular weight is 461 g/mol.